The maximum absolute atomic E-state index is 9.46. The Hall–Kier alpha value is -1.99. The van der Waals surface area contributed by atoms with Crippen LogP contribution < -0.4 is 0 Å². The molecule has 0 amide bonds. The van der Waals surface area contributed by atoms with Gasteiger partial charge in [0, 0.05) is 12.7 Å². The van der Waals surface area contributed by atoms with Crippen LogP contribution in [0.15, 0.2) is 24.3 Å². The number of methoxy groups -OCH3 is 1. The molecule has 18 heavy (non-hydrogen) atoms. The highest BCUT2D eigenvalue weighted by molar-refractivity contribution is 7.19. The Labute approximate surface area is 106 Å². The second kappa shape index (κ2) is 4.35. The standard InChI is InChI=1S/C11H10N4O2S/c1-17-6-9-12-13-11-15(9)14-10(18-11)7-3-2-4-8(16)5-7/h2-5,16H,6H2,1H3. The molecule has 1 N–H and O–H groups in total. The van der Waals surface area contributed by atoms with Gasteiger partial charge in [-0.15, -0.1) is 10.2 Å². The Kier molecular flexibility index (Phi) is 2.69. The van der Waals surface area contributed by atoms with Crippen molar-refractivity contribution in [3.8, 4) is 16.3 Å². The van der Waals surface area contributed by atoms with E-state index in [0.29, 0.717) is 17.4 Å². The van der Waals surface area contributed by atoms with Crippen LogP contribution in [0.4, 0.5) is 0 Å². The van der Waals surface area contributed by atoms with Crippen LogP contribution >= 0.6 is 11.3 Å². The zero-order valence-corrected chi connectivity index (χ0v) is 10.4. The van der Waals surface area contributed by atoms with E-state index in [-0.39, 0.29) is 5.75 Å². The fraction of sp³-hybridized carbons (Fsp3) is 0.182. The van der Waals surface area contributed by atoms with Gasteiger partial charge in [-0.2, -0.15) is 9.61 Å². The predicted molar refractivity (Wildman–Crippen MR) is 66.5 cm³/mol. The van der Waals surface area contributed by atoms with Crippen LogP contribution in [0.25, 0.3) is 15.5 Å². The first-order chi connectivity index (χ1) is 8.78. The SMILES string of the molecule is COCc1nnc2sc(-c3cccc(O)c3)nn12. The maximum atomic E-state index is 9.46. The molecule has 0 fully saturated rings. The number of phenols is 1. The number of rotatable bonds is 3. The average molecular weight is 262 g/mol. The third-order valence-corrected chi connectivity index (χ3v) is 3.37. The van der Waals surface area contributed by atoms with Gasteiger partial charge in [0.2, 0.25) is 4.96 Å². The van der Waals surface area contributed by atoms with Gasteiger partial charge in [-0.25, -0.2) is 0 Å². The quantitative estimate of drug-likeness (QED) is 0.777. The number of nitrogens with zero attached hydrogens (tertiary/aromatic N) is 4. The molecular weight excluding hydrogens is 252 g/mol. The number of ether oxygens (including phenoxy) is 1. The zero-order chi connectivity index (χ0) is 12.5. The van der Waals surface area contributed by atoms with Gasteiger partial charge in [0.25, 0.3) is 0 Å². The summed E-state index contributed by atoms with van der Waals surface area (Å²) in [6.45, 7) is 0.365. The minimum Gasteiger partial charge on any atom is -0.508 e. The molecule has 3 aromatic rings. The zero-order valence-electron chi connectivity index (χ0n) is 9.57. The van der Waals surface area contributed by atoms with E-state index < -0.39 is 0 Å². The van der Waals surface area contributed by atoms with Crippen LogP contribution in [0.5, 0.6) is 5.75 Å². The van der Waals surface area contributed by atoms with E-state index in [2.05, 4.69) is 15.3 Å². The fourth-order valence-electron chi connectivity index (χ4n) is 1.63. The van der Waals surface area contributed by atoms with Crippen molar-refractivity contribution in [3.63, 3.8) is 0 Å². The average Bonchev–Trinajstić information content (AvgIpc) is 2.92. The summed E-state index contributed by atoms with van der Waals surface area (Å²) in [5, 5.41) is 22.7. The lowest BCUT2D eigenvalue weighted by atomic mass is 10.2. The molecule has 6 nitrogen and oxygen atoms in total. The Morgan fingerprint density at radius 3 is 3.06 bits per heavy atom. The molecule has 2 heterocycles. The van der Waals surface area contributed by atoms with Crippen molar-refractivity contribution >= 4 is 16.3 Å². The molecule has 7 heteroatoms. The fourth-order valence-corrected chi connectivity index (χ4v) is 2.49. The molecule has 0 unspecified atom stereocenters. The van der Waals surface area contributed by atoms with Crippen molar-refractivity contribution in [1.29, 1.82) is 0 Å². The van der Waals surface area contributed by atoms with Crippen LogP contribution in [-0.2, 0) is 11.3 Å². The van der Waals surface area contributed by atoms with Crippen LogP contribution in [-0.4, -0.2) is 32.0 Å². The molecule has 3 rings (SSSR count). The van der Waals surface area contributed by atoms with Gasteiger partial charge in [-0.05, 0) is 12.1 Å². The number of hydrogen-bond donors (Lipinski definition) is 1. The molecule has 92 valence electrons. The minimum absolute atomic E-state index is 0.218. The monoisotopic (exact) mass is 262 g/mol. The van der Waals surface area contributed by atoms with Crippen molar-refractivity contribution < 1.29 is 9.84 Å². The molecule has 0 saturated carbocycles. The van der Waals surface area contributed by atoms with Gasteiger partial charge in [0.15, 0.2) is 5.82 Å². The van der Waals surface area contributed by atoms with Crippen LogP contribution in [0.1, 0.15) is 5.82 Å². The number of fused-ring (bicyclic) bond motifs is 1. The lowest BCUT2D eigenvalue weighted by molar-refractivity contribution is 0.176. The number of aromatic hydroxyl groups is 1. The Morgan fingerprint density at radius 1 is 1.39 bits per heavy atom. The smallest absolute Gasteiger partial charge is 0.235 e. The molecule has 0 aliphatic rings. The number of aromatic nitrogens is 4. The number of hydrogen-bond acceptors (Lipinski definition) is 6. The Bertz CT molecular complexity index is 691. The number of benzene rings is 1. The molecular formula is C11H10N4O2S. The van der Waals surface area contributed by atoms with Gasteiger partial charge in [0.1, 0.15) is 17.4 Å². The largest absolute Gasteiger partial charge is 0.508 e. The molecule has 0 radical (unpaired) electrons. The van der Waals surface area contributed by atoms with Crippen molar-refractivity contribution in [2.45, 2.75) is 6.61 Å². The Balaban J connectivity index is 2.08. The lowest BCUT2D eigenvalue weighted by Gasteiger charge is -1.96. The van der Waals surface area contributed by atoms with E-state index in [1.165, 1.54) is 11.3 Å². The molecule has 0 aliphatic carbocycles. The summed E-state index contributed by atoms with van der Waals surface area (Å²) in [5.74, 6) is 0.880. The van der Waals surface area contributed by atoms with Gasteiger partial charge in [0.05, 0.1) is 0 Å². The van der Waals surface area contributed by atoms with Gasteiger partial charge in [-0.3, -0.25) is 0 Å². The summed E-state index contributed by atoms with van der Waals surface area (Å²) in [6, 6.07) is 6.96. The summed E-state index contributed by atoms with van der Waals surface area (Å²) >= 11 is 1.42. The van der Waals surface area contributed by atoms with Gasteiger partial charge in [-0.1, -0.05) is 23.5 Å². The van der Waals surface area contributed by atoms with E-state index in [0.717, 1.165) is 10.6 Å². The third kappa shape index (κ3) is 1.83. The highest BCUT2D eigenvalue weighted by Gasteiger charge is 2.12. The van der Waals surface area contributed by atoms with Crippen molar-refractivity contribution in [2.75, 3.05) is 7.11 Å². The molecule has 0 aliphatic heterocycles. The molecule has 0 saturated heterocycles. The lowest BCUT2D eigenvalue weighted by Crippen LogP contribution is -1.97. The first kappa shape index (κ1) is 11.1. The summed E-state index contributed by atoms with van der Waals surface area (Å²) in [7, 11) is 1.60. The third-order valence-electron chi connectivity index (χ3n) is 2.42. The molecule has 2 aromatic heterocycles. The second-order valence-electron chi connectivity index (χ2n) is 3.70. The van der Waals surface area contributed by atoms with E-state index in [4.69, 9.17) is 4.74 Å². The summed E-state index contributed by atoms with van der Waals surface area (Å²) in [6.07, 6.45) is 0. The molecule has 1 aromatic carbocycles. The van der Waals surface area contributed by atoms with Gasteiger partial charge >= 0.3 is 0 Å². The predicted octanol–water partition coefficient (Wildman–Crippen LogP) is 1.70. The van der Waals surface area contributed by atoms with Crippen LogP contribution in [0.2, 0.25) is 0 Å². The van der Waals surface area contributed by atoms with Crippen molar-refractivity contribution in [3.05, 3.63) is 30.1 Å². The highest BCUT2D eigenvalue weighted by atomic mass is 32.1. The normalized spacial score (nSPS) is 11.2. The second-order valence-corrected chi connectivity index (χ2v) is 4.66. The Morgan fingerprint density at radius 2 is 2.28 bits per heavy atom. The van der Waals surface area contributed by atoms with E-state index in [1.54, 1.807) is 29.8 Å². The van der Waals surface area contributed by atoms with Crippen LogP contribution in [0, 0.1) is 0 Å². The topological polar surface area (TPSA) is 72.5 Å². The first-order valence-electron chi connectivity index (χ1n) is 5.27. The molecule has 0 atom stereocenters. The van der Waals surface area contributed by atoms with E-state index in [9.17, 15) is 5.11 Å². The van der Waals surface area contributed by atoms with E-state index in [1.807, 2.05) is 6.07 Å². The summed E-state index contributed by atoms with van der Waals surface area (Å²) < 4.78 is 6.69. The number of phenolic OH excluding ortho intramolecular Hbond substituents is 1. The van der Waals surface area contributed by atoms with Crippen molar-refractivity contribution in [1.82, 2.24) is 19.8 Å². The molecule has 0 bridgehead atoms. The highest BCUT2D eigenvalue weighted by Crippen LogP contribution is 2.27. The minimum atomic E-state index is 0.218. The maximum Gasteiger partial charge on any atom is 0.235 e. The van der Waals surface area contributed by atoms with E-state index >= 15 is 0 Å². The van der Waals surface area contributed by atoms with Crippen LogP contribution in [0.3, 0.4) is 0 Å². The van der Waals surface area contributed by atoms with Crippen molar-refractivity contribution in [2.24, 2.45) is 0 Å². The summed E-state index contributed by atoms with van der Waals surface area (Å²) in [5.41, 5.74) is 0.855. The summed E-state index contributed by atoms with van der Waals surface area (Å²) in [4.78, 5) is 0.709. The molecule has 0 spiro atoms. The van der Waals surface area contributed by atoms with Gasteiger partial charge < -0.3 is 9.84 Å². The first-order valence-corrected chi connectivity index (χ1v) is 6.09.